The number of hydrogen-bond acceptors (Lipinski definition) is 5. The number of carbonyl (C=O) groups excluding carboxylic acids is 1. The maximum atomic E-state index is 12.8. The third-order valence-electron chi connectivity index (χ3n) is 4.57. The largest absolute Gasteiger partial charge is 0.493 e. The molecule has 1 aromatic carbocycles. The van der Waals surface area contributed by atoms with E-state index in [2.05, 4.69) is 4.98 Å². The number of carbonyl (C=O) groups is 1. The first-order chi connectivity index (χ1) is 13.1. The summed E-state index contributed by atoms with van der Waals surface area (Å²) in [7, 11) is 1.62. The minimum atomic E-state index is -0.0479. The number of rotatable bonds is 5. The molecule has 3 rings (SSSR count). The second kappa shape index (κ2) is 8.75. The van der Waals surface area contributed by atoms with Crippen LogP contribution in [-0.4, -0.2) is 42.7 Å². The number of hydrogen-bond donors (Lipinski definition) is 0. The van der Waals surface area contributed by atoms with E-state index in [0.717, 1.165) is 35.5 Å². The molecule has 1 amide bonds. The zero-order valence-electron chi connectivity index (χ0n) is 16.2. The van der Waals surface area contributed by atoms with Crippen molar-refractivity contribution in [1.29, 1.82) is 0 Å². The molecule has 144 valence electrons. The van der Waals surface area contributed by atoms with E-state index < -0.39 is 0 Å². The summed E-state index contributed by atoms with van der Waals surface area (Å²) in [6.07, 6.45) is 1.52. The molecule has 0 atom stereocenters. The van der Waals surface area contributed by atoms with Crippen LogP contribution in [0.15, 0.2) is 30.3 Å². The number of benzene rings is 1. The Morgan fingerprint density at radius 2 is 2.11 bits per heavy atom. The van der Waals surface area contributed by atoms with Crippen LogP contribution in [0.25, 0.3) is 0 Å². The predicted molar refractivity (Wildman–Crippen MR) is 102 cm³/mol. The zero-order valence-corrected chi connectivity index (χ0v) is 16.2. The van der Waals surface area contributed by atoms with E-state index >= 15 is 0 Å². The average Bonchev–Trinajstić information content (AvgIpc) is 2.66. The molecule has 1 aromatic heterocycles. The number of ether oxygens (including phenoxy) is 3. The van der Waals surface area contributed by atoms with Crippen LogP contribution < -0.4 is 14.2 Å². The molecule has 6 heteroatoms. The standard InChI is InChI=1S/C21H26N2O4/c1-4-17-18(10-9-15(2)22-17)27-14-20(24)23-11-6-12-26-21-16(13-23)7-5-8-19(21)25-3/h5,7-10H,4,6,11-14H2,1-3H3. The molecule has 0 fully saturated rings. The van der Waals surface area contributed by atoms with Crippen molar-refractivity contribution in [2.75, 3.05) is 26.9 Å². The van der Waals surface area contributed by atoms with Crippen molar-refractivity contribution in [1.82, 2.24) is 9.88 Å². The van der Waals surface area contributed by atoms with Crippen LogP contribution >= 0.6 is 0 Å². The first-order valence-electron chi connectivity index (χ1n) is 9.28. The summed E-state index contributed by atoms with van der Waals surface area (Å²) in [6, 6.07) is 9.52. The molecule has 27 heavy (non-hydrogen) atoms. The summed E-state index contributed by atoms with van der Waals surface area (Å²) in [5, 5.41) is 0. The van der Waals surface area contributed by atoms with Gasteiger partial charge in [0, 0.05) is 24.3 Å². The van der Waals surface area contributed by atoms with Gasteiger partial charge in [0.25, 0.3) is 5.91 Å². The molecule has 0 spiro atoms. The van der Waals surface area contributed by atoms with E-state index in [1.165, 1.54) is 0 Å². The molecule has 0 bridgehead atoms. The fraction of sp³-hybridized carbons (Fsp3) is 0.429. The Morgan fingerprint density at radius 3 is 2.89 bits per heavy atom. The van der Waals surface area contributed by atoms with Crippen molar-refractivity contribution in [3.63, 3.8) is 0 Å². The number of fused-ring (bicyclic) bond motifs is 1. The average molecular weight is 370 g/mol. The first kappa shape index (κ1) is 19.0. The number of aryl methyl sites for hydroxylation is 2. The number of nitrogens with zero attached hydrogens (tertiary/aromatic N) is 2. The summed E-state index contributed by atoms with van der Waals surface area (Å²) in [4.78, 5) is 19.1. The summed E-state index contributed by atoms with van der Waals surface area (Å²) in [5.41, 5.74) is 2.76. The quantitative estimate of drug-likeness (QED) is 0.809. The molecule has 2 aromatic rings. The van der Waals surface area contributed by atoms with Gasteiger partial charge in [0.2, 0.25) is 0 Å². The van der Waals surface area contributed by atoms with Gasteiger partial charge in [-0.25, -0.2) is 0 Å². The number of pyridine rings is 1. The molecule has 0 N–H and O–H groups in total. The lowest BCUT2D eigenvalue weighted by atomic mass is 10.1. The maximum Gasteiger partial charge on any atom is 0.260 e. The first-order valence-corrected chi connectivity index (χ1v) is 9.28. The SMILES string of the molecule is CCc1nc(C)ccc1OCC(=O)N1CCCOc2c(cccc2OC)C1. The van der Waals surface area contributed by atoms with Crippen molar-refractivity contribution >= 4 is 5.91 Å². The lowest BCUT2D eigenvalue weighted by Gasteiger charge is -2.27. The van der Waals surface area contributed by atoms with E-state index in [9.17, 15) is 4.79 Å². The molecule has 1 aliphatic heterocycles. The number of aromatic nitrogens is 1. The highest BCUT2D eigenvalue weighted by molar-refractivity contribution is 5.78. The molecular weight excluding hydrogens is 344 g/mol. The van der Waals surface area contributed by atoms with Gasteiger partial charge < -0.3 is 19.1 Å². The molecule has 0 aliphatic carbocycles. The predicted octanol–water partition coefficient (Wildman–Crippen LogP) is 3.15. The van der Waals surface area contributed by atoms with Crippen LogP contribution in [0.1, 0.15) is 30.3 Å². The van der Waals surface area contributed by atoms with Crippen molar-refractivity contribution in [3.05, 3.63) is 47.3 Å². The van der Waals surface area contributed by atoms with Gasteiger partial charge >= 0.3 is 0 Å². The Balaban J connectivity index is 1.71. The maximum absolute atomic E-state index is 12.8. The van der Waals surface area contributed by atoms with E-state index in [-0.39, 0.29) is 12.5 Å². The van der Waals surface area contributed by atoms with E-state index in [1.54, 1.807) is 7.11 Å². The van der Waals surface area contributed by atoms with Gasteiger partial charge in [0.05, 0.1) is 19.4 Å². The van der Waals surface area contributed by atoms with E-state index in [1.807, 2.05) is 49.1 Å². The summed E-state index contributed by atoms with van der Waals surface area (Å²) in [6.45, 7) is 5.62. The summed E-state index contributed by atoms with van der Waals surface area (Å²) in [5.74, 6) is 2.04. The Morgan fingerprint density at radius 1 is 1.26 bits per heavy atom. The van der Waals surface area contributed by atoms with Gasteiger partial charge in [0.15, 0.2) is 18.1 Å². The van der Waals surface area contributed by atoms with Gasteiger partial charge in [-0.05, 0) is 38.0 Å². The number of amides is 1. The molecular formula is C21H26N2O4. The van der Waals surface area contributed by atoms with Crippen LogP contribution in [-0.2, 0) is 17.8 Å². The zero-order chi connectivity index (χ0) is 19.2. The third-order valence-corrected chi connectivity index (χ3v) is 4.57. The van der Waals surface area contributed by atoms with Gasteiger partial charge in [-0.2, -0.15) is 0 Å². The van der Waals surface area contributed by atoms with Crippen LogP contribution in [0.3, 0.4) is 0 Å². The van der Waals surface area contributed by atoms with E-state index in [4.69, 9.17) is 14.2 Å². The third kappa shape index (κ3) is 4.51. The van der Waals surface area contributed by atoms with Crippen LogP contribution in [0.5, 0.6) is 17.2 Å². The molecule has 1 aliphatic rings. The molecule has 0 unspecified atom stereocenters. The van der Waals surface area contributed by atoms with Gasteiger partial charge in [-0.3, -0.25) is 9.78 Å². The smallest absolute Gasteiger partial charge is 0.260 e. The van der Waals surface area contributed by atoms with Crippen LogP contribution in [0.4, 0.5) is 0 Å². The van der Waals surface area contributed by atoms with Crippen LogP contribution in [0, 0.1) is 6.92 Å². The van der Waals surface area contributed by atoms with Gasteiger partial charge in [-0.1, -0.05) is 19.1 Å². The summed E-state index contributed by atoms with van der Waals surface area (Å²) < 4.78 is 17.0. The highest BCUT2D eigenvalue weighted by Crippen LogP contribution is 2.33. The minimum absolute atomic E-state index is 0.00208. The van der Waals surface area contributed by atoms with Gasteiger partial charge in [-0.15, -0.1) is 0 Å². The van der Waals surface area contributed by atoms with Crippen molar-refractivity contribution in [2.45, 2.75) is 33.2 Å². The lowest BCUT2D eigenvalue weighted by molar-refractivity contribution is -0.134. The number of methoxy groups -OCH3 is 1. The Hall–Kier alpha value is -2.76. The molecule has 0 saturated carbocycles. The van der Waals surface area contributed by atoms with E-state index in [0.29, 0.717) is 31.2 Å². The number of para-hydroxylation sites is 1. The fourth-order valence-corrected chi connectivity index (χ4v) is 3.15. The second-order valence-corrected chi connectivity index (χ2v) is 6.51. The molecule has 6 nitrogen and oxygen atoms in total. The van der Waals surface area contributed by atoms with Crippen LogP contribution in [0.2, 0.25) is 0 Å². The van der Waals surface area contributed by atoms with Crippen molar-refractivity contribution in [2.24, 2.45) is 0 Å². The van der Waals surface area contributed by atoms with Crippen molar-refractivity contribution in [3.8, 4) is 17.2 Å². The Labute approximate surface area is 160 Å². The highest BCUT2D eigenvalue weighted by Gasteiger charge is 2.21. The van der Waals surface area contributed by atoms with Crippen molar-refractivity contribution < 1.29 is 19.0 Å². The lowest BCUT2D eigenvalue weighted by Crippen LogP contribution is -2.37. The normalized spacial score (nSPS) is 13.8. The highest BCUT2D eigenvalue weighted by atomic mass is 16.5. The topological polar surface area (TPSA) is 60.9 Å². The minimum Gasteiger partial charge on any atom is -0.493 e. The molecule has 0 saturated heterocycles. The second-order valence-electron chi connectivity index (χ2n) is 6.51. The molecule has 2 heterocycles. The summed E-state index contributed by atoms with van der Waals surface area (Å²) >= 11 is 0. The Kier molecular flexibility index (Phi) is 6.16. The van der Waals surface area contributed by atoms with Gasteiger partial charge in [0.1, 0.15) is 5.75 Å². The fourth-order valence-electron chi connectivity index (χ4n) is 3.15. The monoisotopic (exact) mass is 370 g/mol. The molecule has 0 radical (unpaired) electrons. The Bertz CT molecular complexity index is 807.